The van der Waals surface area contributed by atoms with Crippen LogP contribution in [0, 0.1) is 11.6 Å². The number of thiocarbonyl (C=S) groups is 1. The van der Waals surface area contributed by atoms with Crippen LogP contribution in [0.1, 0.15) is 5.69 Å². The van der Waals surface area contributed by atoms with Gasteiger partial charge < -0.3 is 5.73 Å². The van der Waals surface area contributed by atoms with Crippen LogP contribution in [0.25, 0.3) is 0 Å². The van der Waals surface area contributed by atoms with Gasteiger partial charge in [-0.2, -0.15) is 0 Å². The van der Waals surface area contributed by atoms with Gasteiger partial charge in [0, 0.05) is 6.20 Å². The molecule has 0 fully saturated rings. The fourth-order valence-electron chi connectivity index (χ4n) is 1.57. The van der Waals surface area contributed by atoms with Gasteiger partial charge in [0.25, 0.3) is 10.0 Å². The molecule has 9 heteroatoms. The summed E-state index contributed by atoms with van der Waals surface area (Å²) >= 11 is 4.72. The number of nitrogens with zero attached hydrogens (tertiary/aromatic N) is 1. The summed E-state index contributed by atoms with van der Waals surface area (Å²) < 4.78 is 53.1. The van der Waals surface area contributed by atoms with Crippen molar-refractivity contribution in [2.24, 2.45) is 5.73 Å². The number of hydrogen-bond acceptors (Lipinski definition) is 4. The van der Waals surface area contributed by atoms with Gasteiger partial charge in [-0.1, -0.05) is 18.3 Å². The van der Waals surface area contributed by atoms with Gasteiger partial charge in [0.1, 0.15) is 15.6 Å². The number of sulfonamides is 1. The molecule has 0 aliphatic heterocycles. The van der Waals surface area contributed by atoms with Crippen molar-refractivity contribution in [2.75, 3.05) is 4.72 Å². The molecule has 0 saturated carbocycles. The Morgan fingerprint density at radius 2 is 1.95 bits per heavy atom. The molecule has 1 aromatic heterocycles. The van der Waals surface area contributed by atoms with Crippen molar-refractivity contribution >= 4 is 32.9 Å². The standard InChI is InChI=1S/C12H9F2N3O2S2/c13-7-3-1-4-8(10(7)14)17-21(18,19)9-5-2-6-16-11(9)12(15)20/h1-6,17H,(H2,15,20). The minimum atomic E-state index is -4.21. The number of halogens is 2. The highest BCUT2D eigenvalue weighted by atomic mass is 32.2. The average Bonchev–Trinajstić information content (AvgIpc) is 2.44. The van der Waals surface area contributed by atoms with E-state index in [1.54, 1.807) is 0 Å². The quantitative estimate of drug-likeness (QED) is 0.836. The SMILES string of the molecule is NC(=S)c1ncccc1S(=O)(=O)Nc1cccc(F)c1F. The van der Waals surface area contributed by atoms with Crippen molar-refractivity contribution in [3.63, 3.8) is 0 Å². The lowest BCUT2D eigenvalue weighted by molar-refractivity contribution is 0.511. The lowest BCUT2D eigenvalue weighted by atomic mass is 10.3. The normalized spacial score (nSPS) is 11.1. The molecule has 0 atom stereocenters. The maximum atomic E-state index is 13.5. The lowest BCUT2D eigenvalue weighted by Gasteiger charge is -2.11. The van der Waals surface area contributed by atoms with Gasteiger partial charge in [-0.3, -0.25) is 9.71 Å². The molecular formula is C12H9F2N3O2S2. The predicted molar refractivity (Wildman–Crippen MR) is 77.3 cm³/mol. The molecule has 0 radical (unpaired) electrons. The molecule has 2 aromatic rings. The minimum Gasteiger partial charge on any atom is -0.388 e. The Labute approximate surface area is 124 Å². The monoisotopic (exact) mass is 329 g/mol. The van der Waals surface area contributed by atoms with Crippen molar-refractivity contribution in [3.05, 3.63) is 53.9 Å². The first-order chi connectivity index (χ1) is 9.83. The molecule has 1 heterocycles. The molecule has 2 rings (SSSR count). The second-order valence-electron chi connectivity index (χ2n) is 3.92. The van der Waals surface area contributed by atoms with Crippen molar-refractivity contribution in [2.45, 2.75) is 4.90 Å². The summed E-state index contributed by atoms with van der Waals surface area (Å²) in [4.78, 5) is 3.23. The molecule has 0 bridgehead atoms. The van der Waals surface area contributed by atoms with Gasteiger partial charge in [0.05, 0.1) is 5.69 Å². The molecule has 21 heavy (non-hydrogen) atoms. The Bertz CT molecular complexity index is 810. The Hall–Kier alpha value is -2.13. The zero-order valence-corrected chi connectivity index (χ0v) is 12.0. The average molecular weight is 329 g/mol. The van der Waals surface area contributed by atoms with Crippen LogP contribution in [-0.2, 0) is 10.0 Å². The molecule has 1 aromatic carbocycles. The third-order valence-corrected chi connectivity index (χ3v) is 4.08. The summed E-state index contributed by atoms with van der Waals surface area (Å²) in [7, 11) is -4.21. The largest absolute Gasteiger partial charge is 0.388 e. The first-order valence-corrected chi connectivity index (χ1v) is 7.43. The molecule has 5 nitrogen and oxygen atoms in total. The summed E-state index contributed by atoms with van der Waals surface area (Å²) in [6.07, 6.45) is 1.32. The number of hydrogen-bond donors (Lipinski definition) is 2. The van der Waals surface area contributed by atoms with Crippen molar-refractivity contribution in [1.82, 2.24) is 4.98 Å². The summed E-state index contributed by atoms with van der Waals surface area (Å²) in [5, 5.41) is 0. The smallest absolute Gasteiger partial charge is 0.264 e. The second-order valence-corrected chi connectivity index (χ2v) is 6.01. The first kappa shape index (κ1) is 15.3. The van der Waals surface area contributed by atoms with Gasteiger partial charge in [-0.05, 0) is 24.3 Å². The number of aromatic nitrogens is 1. The molecule has 0 spiro atoms. The molecule has 3 N–H and O–H groups in total. The van der Waals surface area contributed by atoms with Gasteiger partial charge in [0.15, 0.2) is 11.6 Å². The van der Waals surface area contributed by atoms with Gasteiger partial charge in [-0.25, -0.2) is 17.2 Å². The van der Waals surface area contributed by atoms with Crippen LogP contribution in [0.4, 0.5) is 14.5 Å². The zero-order valence-electron chi connectivity index (χ0n) is 10.4. The number of nitrogens with two attached hydrogens (primary N) is 1. The fourth-order valence-corrected chi connectivity index (χ4v) is 3.03. The Kier molecular flexibility index (Phi) is 4.14. The van der Waals surface area contributed by atoms with Crippen molar-refractivity contribution in [1.29, 1.82) is 0 Å². The van der Waals surface area contributed by atoms with Gasteiger partial charge >= 0.3 is 0 Å². The van der Waals surface area contributed by atoms with Crippen LogP contribution in [-0.4, -0.2) is 18.4 Å². The Morgan fingerprint density at radius 3 is 2.62 bits per heavy atom. The van der Waals surface area contributed by atoms with Crippen LogP contribution in [0.5, 0.6) is 0 Å². The highest BCUT2D eigenvalue weighted by Crippen LogP contribution is 2.22. The summed E-state index contributed by atoms with van der Waals surface area (Å²) in [6.45, 7) is 0. The van der Waals surface area contributed by atoms with E-state index in [-0.39, 0.29) is 15.6 Å². The number of anilines is 1. The van der Waals surface area contributed by atoms with Crippen molar-refractivity contribution in [3.8, 4) is 0 Å². The third-order valence-electron chi connectivity index (χ3n) is 2.49. The number of nitrogens with one attached hydrogen (secondary N) is 1. The maximum Gasteiger partial charge on any atom is 0.264 e. The van der Waals surface area contributed by atoms with Gasteiger partial charge in [0.2, 0.25) is 0 Å². The molecular weight excluding hydrogens is 320 g/mol. The maximum absolute atomic E-state index is 13.5. The highest BCUT2D eigenvalue weighted by molar-refractivity contribution is 7.93. The van der Waals surface area contributed by atoms with Gasteiger partial charge in [-0.15, -0.1) is 0 Å². The topological polar surface area (TPSA) is 85.1 Å². The lowest BCUT2D eigenvalue weighted by Crippen LogP contribution is -2.21. The third kappa shape index (κ3) is 3.14. The predicted octanol–water partition coefficient (Wildman–Crippen LogP) is 1.79. The minimum absolute atomic E-state index is 0.128. The Balaban J connectivity index is 2.49. The van der Waals surface area contributed by atoms with E-state index in [1.165, 1.54) is 24.4 Å². The van der Waals surface area contributed by atoms with Crippen LogP contribution in [0.2, 0.25) is 0 Å². The first-order valence-electron chi connectivity index (χ1n) is 5.54. The van der Waals surface area contributed by atoms with E-state index in [9.17, 15) is 17.2 Å². The summed E-state index contributed by atoms with van der Waals surface area (Å²) in [5.74, 6) is -2.47. The van der Waals surface area contributed by atoms with E-state index in [0.717, 1.165) is 12.1 Å². The number of rotatable bonds is 4. The molecule has 110 valence electrons. The fraction of sp³-hybridized carbons (Fsp3) is 0. The second kappa shape index (κ2) is 5.70. The molecule has 0 unspecified atom stereocenters. The van der Waals surface area contributed by atoms with E-state index in [2.05, 4.69) is 4.98 Å². The molecule has 0 amide bonds. The molecule has 0 aliphatic carbocycles. The van der Waals surface area contributed by atoms with E-state index in [0.29, 0.717) is 0 Å². The number of benzene rings is 1. The van der Waals surface area contributed by atoms with Crippen molar-refractivity contribution < 1.29 is 17.2 Å². The Morgan fingerprint density at radius 1 is 1.24 bits per heavy atom. The molecule has 0 saturated heterocycles. The highest BCUT2D eigenvalue weighted by Gasteiger charge is 2.22. The summed E-state index contributed by atoms with van der Waals surface area (Å²) in [5.41, 5.74) is 4.75. The van der Waals surface area contributed by atoms with Crippen LogP contribution >= 0.6 is 12.2 Å². The van der Waals surface area contributed by atoms with Crippen LogP contribution in [0.3, 0.4) is 0 Å². The molecule has 0 aliphatic rings. The zero-order chi connectivity index (χ0) is 15.6. The summed E-state index contributed by atoms with van der Waals surface area (Å²) in [6, 6.07) is 5.71. The van der Waals surface area contributed by atoms with E-state index in [1.807, 2.05) is 4.72 Å². The van der Waals surface area contributed by atoms with Crippen LogP contribution in [0.15, 0.2) is 41.4 Å². The van der Waals surface area contributed by atoms with E-state index >= 15 is 0 Å². The van der Waals surface area contributed by atoms with E-state index < -0.39 is 27.3 Å². The van der Waals surface area contributed by atoms with Crippen LogP contribution < -0.4 is 10.5 Å². The number of pyridine rings is 1. The van der Waals surface area contributed by atoms with E-state index in [4.69, 9.17) is 18.0 Å².